The van der Waals surface area contributed by atoms with Crippen molar-refractivity contribution in [1.82, 2.24) is 4.98 Å². The Morgan fingerprint density at radius 3 is 2.25 bits per heavy atom. The molecule has 0 spiro atoms. The standard InChI is InChI=1S/C25H27N5O2/c26-17-19-4-6-20(7-5-19)24-18-27-25(32-24)28-21-14-22(29-8-2-1-3-9-29)16-23(15-21)30-10-12-31-13-11-30/h4-7,14-16,18H,1-3,8-13H2,(H,27,28). The minimum absolute atomic E-state index is 0.452. The molecule has 0 saturated carbocycles. The molecule has 3 heterocycles. The SMILES string of the molecule is N#Cc1ccc(-c2cnc(Nc3cc(N4CCCCC4)cc(N4CCOCC4)c3)o2)cc1. The normalized spacial score (nSPS) is 16.6. The van der Waals surface area contributed by atoms with Crippen LogP contribution >= 0.6 is 0 Å². The van der Waals surface area contributed by atoms with Crippen LogP contribution in [-0.4, -0.2) is 44.4 Å². The van der Waals surface area contributed by atoms with Crippen LogP contribution in [0.5, 0.6) is 0 Å². The fourth-order valence-corrected chi connectivity index (χ4v) is 4.30. The molecular weight excluding hydrogens is 402 g/mol. The Kier molecular flexibility index (Phi) is 5.95. The van der Waals surface area contributed by atoms with Gasteiger partial charge in [-0.2, -0.15) is 5.26 Å². The number of nitriles is 1. The van der Waals surface area contributed by atoms with Gasteiger partial charge in [-0.25, -0.2) is 4.98 Å². The molecule has 0 bridgehead atoms. The van der Waals surface area contributed by atoms with E-state index in [0.717, 1.165) is 50.6 Å². The third-order valence-electron chi connectivity index (χ3n) is 6.06. The van der Waals surface area contributed by atoms with Gasteiger partial charge in [-0.3, -0.25) is 0 Å². The van der Waals surface area contributed by atoms with E-state index in [1.165, 1.54) is 30.6 Å². The maximum Gasteiger partial charge on any atom is 0.299 e. The quantitative estimate of drug-likeness (QED) is 0.625. The number of piperidine rings is 1. The van der Waals surface area contributed by atoms with E-state index < -0.39 is 0 Å². The number of aromatic nitrogens is 1. The molecule has 7 nitrogen and oxygen atoms in total. The minimum Gasteiger partial charge on any atom is -0.423 e. The summed E-state index contributed by atoms with van der Waals surface area (Å²) in [6.45, 7) is 5.48. The van der Waals surface area contributed by atoms with Gasteiger partial charge in [0.2, 0.25) is 0 Å². The predicted octanol–water partition coefficient (Wildman–Crippen LogP) is 4.78. The van der Waals surface area contributed by atoms with Gasteiger partial charge in [0.05, 0.1) is 31.0 Å². The molecule has 2 saturated heterocycles. The van der Waals surface area contributed by atoms with Crippen molar-refractivity contribution in [1.29, 1.82) is 5.26 Å². The summed E-state index contributed by atoms with van der Waals surface area (Å²) < 4.78 is 11.5. The summed E-state index contributed by atoms with van der Waals surface area (Å²) in [6, 6.07) is 16.5. The number of anilines is 4. The van der Waals surface area contributed by atoms with Gasteiger partial charge in [0.15, 0.2) is 5.76 Å². The van der Waals surface area contributed by atoms with Gasteiger partial charge in [0.25, 0.3) is 6.01 Å². The smallest absolute Gasteiger partial charge is 0.299 e. The molecule has 2 aromatic carbocycles. The Morgan fingerprint density at radius 1 is 0.875 bits per heavy atom. The van der Waals surface area contributed by atoms with E-state index in [0.29, 0.717) is 17.3 Å². The Morgan fingerprint density at radius 2 is 1.56 bits per heavy atom. The van der Waals surface area contributed by atoms with Crippen molar-refractivity contribution in [3.63, 3.8) is 0 Å². The molecule has 5 rings (SSSR count). The summed E-state index contributed by atoms with van der Waals surface area (Å²) in [6.07, 6.45) is 5.48. The second-order valence-electron chi connectivity index (χ2n) is 8.23. The van der Waals surface area contributed by atoms with Gasteiger partial charge >= 0.3 is 0 Å². The molecule has 32 heavy (non-hydrogen) atoms. The molecule has 0 unspecified atom stereocenters. The van der Waals surface area contributed by atoms with Crippen molar-refractivity contribution in [2.75, 3.05) is 54.5 Å². The highest BCUT2D eigenvalue weighted by Crippen LogP contribution is 2.32. The lowest BCUT2D eigenvalue weighted by Gasteiger charge is -2.33. The number of oxazole rings is 1. The average Bonchev–Trinajstić information content (AvgIpc) is 3.33. The highest BCUT2D eigenvalue weighted by Gasteiger charge is 2.17. The summed E-state index contributed by atoms with van der Waals surface area (Å²) in [4.78, 5) is 9.27. The van der Waals surface area contributed by atoms with Gasteiger partial charge in [-0.15, -0.1) is 0 Å². The third-order valence-corrected chi connectivity index (χ3v) is 6.06. The van der Waals surface area contributed by atoms with Crippen molar-refractivity contribution in [2.45, 2.75) is 19.3 Å². The maximum atomic E-state index is 8.99. The first-order valence-corrected chi connectivity index (χ1v) is 11.2. The number of benzene rings is 2. The van der Waals surface area contributed by atoms with Crippen LogP contribution in [0.1, 0.15) is 24.8 Å². The molecular formula is C25H27N5O2. The van der Waals surface area contributed by atoms with Gasteiger partial charge < -0.3 is 24.3 Å². The molecule has 7 heteroatoms. The molecule has 164 valence electrons. The zero-order valence-electron chi connectivity index (χ0n) is 18.1. The molecule has 3 aromatic rings. The largest absolute Gasteiger partial charge is 0.423 e. The molecule has 2 aliphatic rings. The first-order valence-electron chi connectivity index (χ1n) is 11.2. The van der Waals surface area contributed by atoms with E-state index in [4.69, 9.17) is 14.4 Å². The number of hydrogen-bond donors (Lipinski definition) is 1. The van der Waals surface area contributed by atoms with Crippen molar-refractivity contribution in [3.05, 3.63) is 54.2 Å². The molecule has 0 amide bonds. The lowest BCUT2D eigenvalue weighted by atomic mass is 10.1. The number of nitrogens with one attached hydrogen (secondary N) is 1. The van der Waals surface area contributed by atoms with E-state index in [2.05, 4.69) is 44.4 Å². The van der Waals surface area contributed by atoms with Crippen LogP contribution in [0, 0.1) is 11.3 Å². The third kappa shape index (κ3) is 4.56. The van der Waals surface area contributed by atoms with Crippen LogP contribution in [-0.2, 0) is 4.74 Å². The molecule has 1 aromatic heterocycles. The topological polar surface area (TPSA) is 77.6 Å². The first-order chi connectivity index (χ1) is 15.8. The zero-order valence-corrected chi connectivity index (χ0v) is 18.1. The Balaban J connectivity index is 1.40. The highest BCUT2D eigenvalue weighted by molar-refractivity contribution is 5.71. The summed E-state index contributed by atoms with van der Waals surface area (Å²) in [5, 5.41) is 12.4. The van der Waals surface area contributed by atoms with E-state index in [9.17, 15) is 0 Å². The second kappa shape index (κ2) is 9.33. The minimum atomic E-state index is 0.452. The Hall–Kier alpha value is -3.50. The van der Waals surface area contributed by atoms with Crippen LogP contribution < -0.4 is 15.1 Å². The van der Waals surface area contributed by atoms with Gasteiger partial charge in [-0.05, 0) is 61.7 Å². The van der Waals surface area contributed by atoms with E-state index in [-0.39, 0.29) is 0 Å². The maximum absolute atomic E-state index is 8.99. The number of ether oxygens (including phenoxy) is 1. The van der Waals surface area contributed by atoms with Gasteiger partial charge in [0, 0.05) is 48.8 Å². The summed E-state index contributed by atoms with van der Waals surface area (Å²) >= 11 is 0. The molecule has 2 fully saturated rings. The van der Waals surface area contributed by atoms with Crippen LogP contribution in [0.25, 0.3) is 11.3 Å². The number of morpholine rings is 1. The lowest BCUT2D eigenvalue weighted by molar-refractivity contribution is 0.122. The van der Waals surface area contributed by atoms with E-state index in [1.54, 1.807) is 18.3 Å². The number of rotatable bonds is 5. The van der Waals surface area contributed by atoms with Gasteiger partial charge in [0.1, 0.15) is 0 Å². The Labute approximate surface area is 188 Å². The van der Waals surface area contributed by atoms with Crippen molar-refractivity contribution >= 4 is 23.1 Å². The summed E-state index contributed by atoms with van der Waals surface area (Å²) in [7, 11) is 0. The van der Waals surface area contributed by atoms with E-state index >= 15 is 0 Å². The van der Waals surface area contributed by atoms with Crippen LogP contribution in [0.3, 0.4) is 0 Å². The van der Waals surface area contributed by atoms with Crippen molar-refractivity contribution in [2.24, 2.45) is 0 Å². The molecule has 1 N–H and O–H groups in total. The van der Waals surface area contributed by atoms with Crippen LogP contribution in [0.15, 0.2) is 53.1 Å². The second-order valence-corrected chi connectivity index (χ2v) is 8.23. The Bertz CT molecular complexity index is 1050. The fourth-order valence-electron chi connectivity index (χ4n) is 4.30. The lowest BCUT2D eigenvalue weighted by Crippen LogP contribution is -2.36. The summed E-state index contributed by atoms with van der Waals surface area (Å²) in [5.41, 5.74) is 4.90. The fraction of sp³-hybridized carbons (Fsp3) is 0.360. The number of nitrogens with zero attached hydrogens (tertiary/aromatic N) is 4. The zero-order chi connectivity index (χ0) is 21.8. The first kappa shape index (κ1) is 20.4. The highest BCUT2D eigenvalue weighted by atomic mass is 16.5. The number of hydrogen-bond acceptors (Lipinski definition) is 7. The van der Waals surface area contributed by atoms with Crippen LogP contribution in [0.2, 0.25) is 0 Å². The van der Waals surface area contributed by atoms with Crippen LogP contribution in [0.4, 0.5) is 23.1 Å². The van der Waals surface area contributed by atoms with Crippen molar-refractivity contribution in [3.8, 4) is 17.4 Å². The van der Waals surface area contributed by atoms with Gasteiger partial charge in [-0.1, -0.05) is 0 Å². The van der Waals surface area contributed by atoms with Crippen molar-refractivity contribution < 1.29 is 9.15 Å². The summed E-state index contributed by atoms with van der Waals surface area (Å²) in [5.74, 6) is 0.664. The predicted molar refractivity (Wildman–Crippen MR) is 125 cm³/mol. The molecule has 0 radical (unpaired) electrons. The van der Waals surface area contributed by atoms with E-state index in [1.807, 2.05) is 12.1 Å². The molecule has 0 atom stereocenters. The molecule has 2 aliphatic heterocycles. The molecule has 0 aliphatic carbocycles. The average molecular weight is 430 g/mol. The monoisotopic (exact) mass is 429 g/mol.